The van der Waals surface area contributed by atoms with Crippen LogP contribution in [-0.4, -0.2) is 7.05 Å². The molecule has 2 rings (SSSR count). The Kier molecular flexibility index (Phi) is 3.40. The van der Waals surface area contributed by atoms with Crippen LogP contribution in [0.5, 0.6) is 0 Å². The van der Waals surface area contributed by atoms with Crippen molar-refractivity contribution in [2.24, 2.45) is 0 Å². The maximum atomic E-state index is 3.21. The predicted molar refractivity (Wildman–Crippen MR) is 68.0 cm³/mol. The van der Waals surface area contributed by atoms with Gasteiger partial charge in [-0.1, -0.05) is 36.2 Å². The van der Waals surface area contributed by atoms with E-state index in [4.69, 9.17) is 0 Å². The smallest absolute Gasteiger partial charge is 0.196 e. The molecule has 2 heteroatoms. The van der Waals surface area contributed by atoms with Crippen LogP contribution in [-0.2, 0) is 6.42 Å². The van der Waals surface area contributed by atoms with E-state index < -0.39 is 0 Å². The lowest BCUT2D eigenvalue weighted by molar-refractivity contribution is -0.654. The molecule has 1 heterocycles. The first-order chi connectivity index (χ1) is 7.85. The SMILES string of the molecule is CCCCc1cc2ccccc2c[n+]1NC. The van der Waals surface area contributed by atoms with Gasteiger partial charge in [-0.25, -0.2) is 0 Å². The molecule has 0 bridgehead atoms. The van der Waals surface area contributed by atoms with Gasteiger partial charge in [0.05, 0.1) is 7.05 Å². The van der Waals surface area contributed by atoms with Crippen LogP contribution in [0.25, 0.3) is 10.8 Å². The molecule has 0 saturated carbocycles. The second-order valence-corrected chi connectivity index (χ2v) is 4.09. The Morgan fingerprint density at radius 3 is 2.62 bits per heavy atom. The molecule has 0 aliphatic rings. The molecule has 0 amide bonds. The van der Waals surface area contributed by atoms with Crippen LogP contribution in [0, 0.1) is 0 Å². The summed E-state index contributed by atoms with van der Waals surface area (Å²) in [6.07, 6.45) is 5.76. The minimum atomic E-state index is 1.13. The lowest BCUT2D eigenvalue weighted by Gasteiger charge is -2.03. The zero-order valence-electron chi connectivity index (χ0n) is 10.0. The first-order valence-electron chi connectivity index (χ1n) is 5.96. The van der Waals surface area contributed by atoms with Gasteiger partial charge in [-0.3, -0.25) is 0 Å². The maximum Gasteiger partial charge on any atom is 0.212 e. The Morgan fingerprint density at radius 1 is 1.19 bits per heavy atom. The van der Waals surface area contributed by atoms with Crippen LogP contribution in [0.4, 0.5) is 0 Å². The molecule has 0 atom stereocenters. The number of pyridine rings is 1. The highest BCUT2D eigenvalue weighted by Gasteiger charge is 2.10. The van der Waals surface area contributed by atoms with E-state index in [-0.39, 0.29) is 0 Å². The molecule has 2 aromatic rings. The van der Waals surface area contributed by atoms with E-state index in [9.17, 15) is 0 Å². The molecule has 0 unspecified atom stereocenters. The molecule has 2 nitrogen and oxygen atoms in total. The van der Waals surface area contributed by atoms with Gasteiger partial charge in [0.1, 0.15) is 0 Å². The summed E-state index contributed by atoms with van der Waals surface area (Å²) in [6, 6.07) is 10.8. The van der Waals surface area contributed by atoms with E-state index in [0.29, 0.717) is 0 Å². The summed E-state index contributed by atoms with van der Waals surface area (Å²) in [5.41, 5.74) is 4.56. The van der Waals surface area contributed by atoms with E-state index in [1.807, 2.05) is 7.05 Å². The van der Waals surface area contributed by atoms with Crippen molar-refractivity contribution in [1.82, 2.24) is 0 Å². The van der Waals surface area contributed by atoms with Gasteiger partial charge in [0.15, 0.2) is 0 Å². The van der Waals surface area contributed by atoms with Crippen LogP contribution >= 0.6 is 0 Å². The molecule has 0 aliphatic heterocycles. The zero-order chi connectivity index (χ0) is 11.4. The molecule has 1 aromatic heterocycles. The summed E-state index contributed by atoms with van der Waals surface area (Å²) in [5, 5.41) is 2.59. The van der Waals surface area contributed by atoms with Crippen LogP contribution in [0.15, 0.2) is 36.5 Å². The minimum Gasteiger partial charge on any atom is -0.196 e. The Labute approximate surface area is 96.9 Å². The van der Waals surface area contributed by atoms with Crippen molar-refractivity contribution in [1.29, 1.82) is 0 Å². The number of hydrogen-bond acceptors (Lipinski definition) is 1. The van der Waals surface area contributed by atoms with E-state index >= 15 is 0 Å². The Balaban J connectivity index is 2.45. The molecule has 1 N–H and O–H groups in total. The molecule has 84 valence electrons. The fraction of sp³-hybridized carbons (Fsp3) is 0.357. The second kappa shape index (κ2) is 4.97. The summed E-state index contributed by atoms with van der Waals surface area (Å²) in [6.45, 7) is 2.23. The lowest BCUT2D eigenvalue weighted by atomic mass is 10.1. The number of benzene rings is 1. The van der Waals surface area contributed by atoms with Crippen molar-refractivity contribution in [3.05, 3.63) is 42.2 Å². The molecule has 0 aliphatic carbocycles. The Bertz CT molecular complexity index is 477. The quantitative estimate of drug-likeness (QED) is 0.775. The van der Waals surface area contributed by atoms with Crippen LogP contribution in [0.3, 0.4) is 0 Å². The first-order valence-corrected chi connectivity index (χ1v) is 5.96. The maximum absolute atomic E-state index is 3.21. The van der Waals surface area contributed by atoms with E-state index in [1.165, 1.54) is 29.3 Å². The molecule has 0 fully saturated rings. The highest BCUT2D eigenvalue weighted by atomic mass is 15.4. The molecular weight excluding hydrogens is 196 g/mol. The fourth-order valence-corrected chi connectivity index (χ4v) is 1.99. The number of aromatic nitrogens is 1. The monoisotopic (exact) mass is 215 g/mol. The Morgan fingerprint density at radius 2 is 1.94 bits per heavy atom. The van der Waals surface area contributed by atoms with Gasteiger partial charge >= 0.3 is 0 Å². The van der Waals surface area contributed by atoms with Gasteiger partial charge in [-0.2, -0.15) is 5.43 Å². The van der Waals surface area contributed by atoms with Crippen molar-refractivity contribution in [2.75, 3.05) is 12.5 Å². The average molecular weight is 215 g/mol. The van der Waals surface area contributed by atoms with Crippen molar-refractivity contribution >= 4 is 10.8 Å². The lowest BCUT2D eigenvalue weighted by Crippen LogP contribution is -2.46. The third-order valence-electron chi connectivity index (χ3n) is 2.92. The van der Waals surface area contributed by atoms with Gasteiger partial charge in [0.25, 0.3) is 0 Å². The van der Waals surface area contributed by atoms with Gasteiger partial charge in [-0.05, 0) is 17.9 Å². The average Bonchev–Trinajstić information content (AvgIpc) is 2.35. The normalized spacial score (nSPS) is 10.6. The van der Waals surface area contributed by atoms with E-state index in [0.717, 1.165) is 6.42 Å². The van der Waals surface area contributed by atoms with Crippen molar-refractivity contribution < 1.29 is 4.68 Å². The van der Waals surface area contributed by atoms with Gasteiger partial charge < -0.3 is 0 Å². The number of hydrogen-bond donors (Lipinski definition) is 1. The van der Waals surface area contributed by atoms with Crippen LogP contribution in [0.1, 0.15) is 25.5 Å². The summed E-state index contributed by atoms with van der Waals surface area (Å²) in [7, 11) is 1.96. The number of rotatable bonds is 4. The van der Waals surface area contributed by atoms with Crippen LogP contribution < -0.4 is 10.1 Å². The topological polar surface area (TPSA) is 15.9 Å². The predicted octanol–water partition coefficient (Wildman–Crippen LogP) is 2.64. The largest absolute Gasteiger partial charge is 0.212 e. The number of unbranched alkanes of at least 4 members (excludes halogenated alkanes) is 1. The van der Waals surface area contributed by atoms with Crippen LogP contribution in [0.2, 0.25) is 0 Å². The summed E-state index contributed by atoms with van der Waals surface area (Å²) >= 11 is 0. The van der Waals surface area contributed by atoms with Gasteiger partial charge in [0.2, 0.25) is 11.9 Å². The fourth-order valence-electron chi connectivity index (χ4n) is 1.99. The number of nitrogens with one attached hydrogen (secondary N) is 1. The number of nitrogens with zero attached hydrogens (tertiary/aromatic N) is 1. The van der Waals surface area contributed by atoms with Crippen molar-refractivity contribution in [3.63, 3.8) is 0 Å². The second-order valence-electron chi connectivity index (χ2n) is 4.09. The third kappa shape index (κ3) is 2.16. The molecule has 0 spiro atoms. The molecule has 0 radical (unpaired) electrons. The highest BCUT2D eigenvalue weighted by Crippen LogP contribution is 2.13. The first kappa shape index (κ1) is 10.9. The third-order valence-corrected chi connectivity index (χ3v) is 2.92. The standard InChI is InChI=1S/C14H19N2/c1-3-4-9-14-10-12-7-5-6-8-13(12)11-16(14)15-2/h5-8,10-11,15H,3-4,9H2,1-2H3/q+1. The molecule has 1 aromatic carbocycles. The summed E-state index contributed by atoms with van der Waals surface area (Å²) in [4.78, 5) is 0. The summed E-state index contributed by atoms with van der Waals surface area (Å²) < 4.78 is 2.12. The molecule has 0 saturated heterocycles. The van der Waals surface area contributed by atoms with Crippen molar-refractivity contribution in [2.45, 2.75) is 26.2 Å². The molecular formula is C14H19N2+. The number of aryl methyl sites for hydroxylation is 1. The summed E-state index contributed by atoms with van der Waals surface area (Å²) in [5.74, 6) is 0. The van der Waals surface area contributed by atoms with Gasteiger partial charge in [-0.15, -0.1) is 0 Å². The van der Waals surface area contributed by atoms with E-state index in [2.05, 4.69) is 53.6 Å². The Hall–Kier alpha value is -1.57. The van der Waals surface area contributed by atoms with E-state index in [1.54, 1.807) is 0 Å². The minimum absolute atomic E-state index is 1.13. The zero-order valence-corrected chi connectivity index (χ0v) is 10.0. The number of fused-ring (bicyclic) bond motifs is 1. The molecule has 16 heavy (non-hydrogen) atoms. The highest BCUT2D eigenvalue weighted by molar-refractivity contribution is 5.80. The van der Waals surface area contributed by atoms with Crippen molar-refractivity contribution in [3.8, 4) is 0 Å². The van der Waals surface area contributed by atoms with Gasteiger partial charge in [0, 0.05) is 17.9 Å².